The fraction of sp³-hybridized carbons (Fsp3) is 0.900. The van der Waals surface area contributed by atoms with Crippen LogP contribution in [0.15, 0.2) is 0 Å². The van der Waals surface area contributed by atoms with Gasteiger partial charge in [-0.15, -0.1) is 0 Å². The number of aliphatic hydroxyl groups is 1. The number of carboxylic acid groups (broad SMARTS) is 1. The van der Waals surface area contributed by atoms with E-state index in [2.05, 4.69) is 5.32 Å². The van der Waals surface area contributed by atoms with Crippen LogP contribution in [0.3, 0.4) is 0 Å². The first-order chi connectivity index (χ1) is 6.21. The molecule has 4 heteroatoms. The predicted octanol–water partition coefficient (Wildman–Crippen LogP) is 0.848. The normalized spacial score (nSPS) is 12.9. The molecule has 0 aliphatic heterocycles. The molecule has 0 rings (SSSR count). The predicted molar refractivity (Wildman–Crippen MR) is 55.2 cm³/mol. The minimum Gasteiger partial charge on any atom is -0.481 e. The van der Waals surface area contributed by atoms with E-state index in [1.807, 2.05) is 13.8 Å². The maximum absolute atomic E-state index is 10.8. The molecule has 0 bridgehead atoms. The molecule has 0 aromatic heterocycles. The van der Waals surface area contributed by atoms with Gasteiger partial charge in [-0.25, -0.2) is 0 Å². The van der Waals surface area contributed by atoms with Crippen LogP contribution in [0.25, 0.3) is 0 Å². The molecule has 0 unspecified atom stereocenters. The molecule has 0 atom stereocenters. The highest BCUT2D eigenvalue weighted by Gasteiger charge is 2.29. The Balaban J connectivity index is 4.10. The molecule has 84 valence electrons. The van der Waals surface area contributed by atoms with E-state index in [4.69, 9.17) is 10.2 Å². The van der Waals surface area contributed by atoms with E-state index in [0.29, 0.717) is 13.0 Å². The van der Waals surface area contributed by atoms with Gasteiger partial charge in [0.25, 0.3) is 0 Å². The Hall–Kier alpha value is -0.610. The minimum atomic E-state index is -0.815. The summed E-state index contributed by atoms with van der Waals surface area (Å²) in [6, 6.07) is 0. The summed E-state index contributed by atoms with van der Waals surface area (Å²) in [5.74, 6) is -0.815. The zero-order chi connectivity index (χ0) is 11.4. The molecule has 0 amide bonds. The average Bonchev–Trinajstić information content (AvgIpc) is 2.01. The lowest BCUT2D eigenvalue weighted by molar-refractivity contribution is -0.146. The highest BCUT2D eigenvalue weighted by Crippen LogP contribution is 2.16. The zero-order valence-electron chi connectivity index (χ0n) is 9.42. The Morgan fingerprint density at radius 2 is 1.79 bits per heavy atom. The first-order valence-electron chi connectivity index (χ1n) is 4.80. The number of rotatable bonds is 6. The van der Waals surface area contributed by atoms with E-state index in [1.54, 1.807) is 13.8 Å². The maximum Gasteiger partial charge on any atom is 0.310 e. The van der Waals surface area contributed by atoms with Gasteiger partial charge in [0, 0.05) is 18.7 Å². The van der Waals surface area contributed by atoms with E-state index in [0.717, 1.165) is 0 Å². The van der Waals surface area contributed by atoms with Gasteiger partial charge in [-0.1, -0.05) is 0 Å². The fourth-order valence-electron chi connectivity index (χ4n) is 0.904. The van der Waals surface area contributed by atoms with Crippen LogP contribution in [-0.4, -0.2) is 34.9 Å². The van der Waals surface area contributed by atoms with E-state index in [9.17, 15) is 4.79 Å². The molecule has 0 radical (unpaired) electrons. The Labute approximate surface area is 85.3 Å². The lowest BCUT2D eigenvalue weighted by Gasteiger charge is -2.30. The summed E-state index contributed by atoms with van der Waals surface area (Å²) in [6.45, 7) is 7.75. The number of aliphatic hydroxyl groups excluding tert-OH is 1. The molecule has 0 saturated carbocycles. The molecule has 0 aliphatic carbocycles. The highest BCUT2D eigenvalue weighted by molar-refractivity contribution is 5.73. The summed E-state index contributed by atoms with van der Waals surface area (Å²) in [5.41, 5.74) is -0.992. The molecule has 0 spiro atoms. The SMILES string of the molecule is CC(C)(CCO)NCC(C)(C)C(=O)O. The van der Waals surface area contributed by atoms with Crippen LogP contribution in [0.5, 0.6) is 0 Å². The van der Waals surface area contributed by atoms with E-state index in [1.165, 1.54) is 0 Å². The van der Waals surface area contributed by atoms with Gasteiger partial charge in [0.1, 0.15) is 0 Å². The molecule has 0 fully saturated rings. The van der Waals surface area contributed by atoms with Crippen LogP contribution in [-0.2, 0) is 4.79 Å². The van der Waals surface area contributed by atoms with Gasteiger partial charge in [0.15, 0.2) is 0 Å². The van der Waals surface area contributed by atoms with Crippen LogP contribution in [0.4, 0.5) is 0 Å². The lowest BCUT2D eigenvalue weighted by atomic mass is 9.91. The number of carbonyl (C=O) groups is 1. The van der Waals surface area contributed by atoms with Crippen molar-refractivity contribution in [2.24, 2.45) is 5.41 Å². The first kappa shape index (κ1) is 13.4. The Bertz CT molecular complexity index is 200. The van der Waals surface area contributed by atoms with Crippen molar-refractivity contribution in [3.63, 3.8) is 0 Å². The van der Waals surface area contributed by atoms with Crippen LogP contribution in [0.2, 0.25) is 0 Å². The standard InChI is InChI=1S/C10H21NO3/c1-9(2,8(13)14)7-11-10(3,4)5-6-12/h11-12H,5-7H2,1-4H3,(H,13,14). The molecule has 0 aromatic rings. The molecular weight excluding hydrogens is 182 g/mol. The third-order valence-corrected chi connectivity index (χ3v) is 2.32. The van der Waals surface area contributed by atoms with Crippen molar-refractivity contribution >= 4 is 5.97 Å². The van der Waals surface area contributed by atoms with Crippen LogP contribution in [0, 0.1) is 5.41 Å². The molecule has 14 heavy (non-hydrogen) atoms. The van der Waals surface area contributed by atoms with Crippen molar-refractivity contribution in [2.75, 3.05) is 13.2 Å². The Morgan fingerprint density at radius 1 is 1.29 bits per heavy atom. The van der Waals surface area contributed by atoms with E-state index >= 15 is 0 Å². The monoisotopic (exact) mass is 203 g/mol. The fourth-order valence-corrected chi connectivity index (χ4v) is 0.904. The van der Waals surface area contributed by atoms with Crippen molar-refractivity contribution in [2.45, 2.75) is 39.7 Å². The van der Waals surface area contributed by atoms with Gasteiger partial charge >= 0.3 is 5.97 Å². The molecule has 0 aliphatic rings. The summed E-state index contributed by atoms with van der Waals surface area (Å²) >= 11 is 0. The number of hydrogen-bond acceptors (Lipinski definition) is 3. The van der Waals surface area contributed by atoms with Gasteiger partial charge in [-0.2, -0.15) is 0 Å². The van der Waals surface area contributed by atoms with Crippen LogP contribution in [0.1, 0.15) is 34.1 Å². The zero-order valence-corrected chi connectivity index (χ0v) is 9.42. The van der Waals surface area contributed by atoms with Crippen LogP contribution >= 0.6 is 0 Å². The van der Waals surface area contributed by atoms with Crippen molar-refractivity contribution in [1.82, 2.24) is 5.32 Å². The van der Waals surface area contributed by atoms with Crippen molar-refractivity contribution < 1.29 is 15.0 Å². The quantitative estimate of drug-likeness (QED) is 0.598. The first-order valence-corrected chi connectivity index (χ1v) is 4.80. The molecular formula is C10H21NO3. The number of hydrogen-bond donors (Lipinski definition) is 3. The van der Waals surface area contributed by atoms with E-state index < -0.39 is 11.4 Å². The summed E-state index contributed by atoms with van der Waals surface area (Å²) in [6.07, 6.45) is 0.614. The maximum atomic E-state index is 10.8. The molecule has 0 aromatic carbocycles. The molecule has 4 nitrogen and oxygen atoms in total. The largest absolute Gasteiger partial charge is 0.481 e. The van der Waals surface area contributed by atoms with Crippen molar-refractivity contribution in [1.29, 1.82) is 0 Å². The Morgan fingerprint density at radius 3 is 2.14 bits per heavy atom. The number of carboxylic acids is 1. The number of nitrogens with one attached hydrogen (secondary N) is 1. The number of aliphatic carboxylic acids is 1. The van der Waals surface area contributed by atoms with Gasteiger partial charge < -0.3 is 15.5 Å². The second kappa shape index (κ2) is 4.75. The van der Waals surface area contributed by atoms with Crippen LogP contribution < -0.4 is 5.32 Å². The van der Waals surface area contributed by atoms with Gasteiger partial charge in [0.05, 0.1) is 5.41 Å². The molecule has 0 heterocycles. The summed E-state index contributed by atoms with van der Waals surface area (Å²) in [4.78, 5) is 10.8. The van der Waals surface area contributed by atoms with Crippen molar-refractivity contribution in [3.05, 3.63) is 0 Å². The topological polar surface area (TPSA) is 69.6 Å². The van der Waals surface area contributed by atoms with Crippen molar-refractivity contribution in [3.8, 4) is 0 Å². The second-order valence-corrected chi connectivity index (χ2v) is 4.90. The van der Waals surface area contributed by atoms with Gasteiger partial charge in [-0.05, 0) is 34.1 Å². The third kappa shape index (κ3) is 4.58. The summed E-state index contributed by atoms with van der Waals surface area (Å²) < 4.78 is 0. The summed E-state index contributed by atoms with van der Waals surface area (Å²) in [7, 11) is 0. The smallest absolute Gasteiger partial charge is 0.310 e. The molecule has 3 N–H and O–H groups in total. The highest BCUT2D eigenvalue weighted by atomic mass is 16.4. The molecule has 0 saturated heterocycles. The third-order valence-electron chi connectivity index (χ3n) is 2.32. The van der Waals surface area contributed by atoms with Gasteiger partial charge in [0.2, 0.25) is 0 Å². The second-order valence-electron chi connectivity index (χ2n) is 4.90. The average molecular weight is 203 g/mol. The lowest BCUT2D eigenvalue weighted by Crippen LogP contribution is -2.47. The summed E-state index contributed by atoms with van der Waals surface area (Å²) in [5, 5.41) is 20.8. The van der Waals surface area contributed by atoms with E-state index in [-0.39, 0.29) is 12.1 Å². The Kier molecular flexibility index (Phi) is 4.55. The van der Waals surface area contributed by atoms with Gasteiger partial charge in [-0.3, -0.25) is 4.79 Å². The minimum absolute atomic E-state index is 0.105.